The highest BCUT2D eigenvalue weighted by Gasteiger charge is 2.29. The van der Waals surface area contributed by atoms with E-state index >= 15 is 0 Å². The Bertz CT molecular complexity index is 656. The largest absolute Gasteiger partial charge is 0.480 e. The standard InChI is InChI=1S/C20H38N6O6/c1-11(2)10-15(26-17(28)13(22)7-8-16(23)27)19(30)25-14(6-4-5-9-21)18(29)24-12(3)20(31)32/h11-15H,4-10,21-22H2,1-3H3,(H2,23,27)(H,24,29)(H,25,30)(H,26,28)(H,31,32). The van der Waals surface area contributed by atoms with Gasteiger partial charge in [0, 0.05) is 6.42 Å². The molecule has 4 amide bonds. The molecule has 0 aliphatic rings. The van der Waals surface area contributed by atoms with Crippen molar-refractivity contribution in [3.05, 3.63) is 0 Å². The number of carboxylic acids is 1. The van der Waals surface area contributed by atoms with Gasteiger partial charge in [0.15, 0.2) is 0 Å². The van der Waals surface area contributed by atoms with Crippen LogP contribution in [0.25, 0.3) is 0 Å². The Morgan fingerprint density at radius 3 is 1.91 bits per heavy atom. The fourth-order valence-corrected chi connectivity index (χ4v) is 2.82. The molecular weight excluding hydrogens is 420 g/mol. The summed E-state index contributed by atoms with van der Waals surface area (Å²) in [7, 11) is 0. The van der Waals surface area contributed by atoms with E-state index in [1.807, 2.05) is 13.8 Å². The first kappa shape index (κ1) is 29.3. The van der Waals surface area contributed by atoms with Gasteiger partial charge in [-0.25, -0.2) is 0 Å². The van der Waals surface area contributed by atoms with Gasteiger partial charge >= 0.3 is 5.97 Å². The lowest BCUT2D eigenvalue weighted by Crippen LogP contribution is -2.57. The molecule has 10 N–H and O–H groups in total. The number of unbranched alkanes of at least 4 members (excludes halogenated alkanes) is 1. The van der Waals surface area contributed by atoms with Gasteiger partial charge in [0.25, 0.3) is 0 Å². The van der Waals surface area contributed by atoms with Crippen molar-refractivity contribution < 1.29 is 29.1 Å². The fourth-order valence-electron chi connectivity index (χ4n) is 2.82. The lowest BCUT2D eigenvalue weighted by atomic mass is 10.0. The van der Waals surface area contributed by atoms with Gasteiger partial charge in [0.1, 0.15) is 18.1 Å². The molecule has 0 aliphatic carbocycles. The van der Waals surface area contributed by atoms with Crippen LogP contribution in [0.5, 0.6) is 0 Å². The molecule has 32 heavy (non-hydrogen) atoms. The third-order valence-corrected chi connectivity index (χ3v) is 4.69. The molecule has 0 aromatic heterocycles. The first-order valence-electron chi connectivity index (χ1n) is 10.8. The Hall–Kier alpha value is -2.73. The van der Waals surface area contributed by atoms with Gasteiger partial charge in [-0.2, -0.15) is 0 Å². The molecule has 12 nitrogen and oxygen atoms in total. The number of nitrogens with two attached hydrogens (primary N) is 3. The molecule has 0 aromatic carbocycles. The second kappa shape index (κ2) is 15.1. The molecular formula is C20H38N6O6. The molecule has 4 atom stereocenters. The van der Waals surface area contributed by atoms with Crippen molar-refractivity contribution in [3.63, 3.8) is 0 Å². The van der Waals surface area contributed by atoms with E-state index in [2.05, 4.69) is 16.0 Å². The topological polar surface area (TPSA) is 220 Å². The van der Waals surface area contributed by atoms with Gasteiger partial charge in [-0.1, -0.05) is 13.8 Å². The zero-order valence-corrected chi connectivity index (χ0v) is 19.1. The van der Waals surface area contributed by atoms with Crippen molar-refractivity contribution in [2.45, 2.75) is 83.5 Å². The maximum Gasteiger partial charge on any atom is 0.325 e. The van der Waals surface area contributed by atoms with Crippen LogP contribution in [0.3, 0.4) is 0 Å². The number of hydrogen-bond donors (Lipinski definition) is 7. The van der Waals surface area contributed by atoms with Crippen LogP contribution in [0.4, 0.5) is 0 Å². The van der Waals surface area contributed by atoms with E-state index in [4.69, 9.17) is 22.3 Å². The fraction of sp³-hybridized carbons (Fsp3) is 0.750. The molecule has 0 aliphatic heterocycles. The molecule has 0 rings (SSSR count). The highest BCUT2D eigenvalue weighted by molar-refractivity contribution is 5.94. The summed E-state index contributed by atoms with van der Waals surface area (Å²) in [5.74, 6) is -3.62. The normalized spacial score (nSPS) is 14.7. The van der Waals surface area contributed by atoms with Crippen molar-refractivity contribution in [1.29, 1.82) is 0 Å². The first-order chi connectivity index (χ1) is 14.9. The molecule has 0 saturated heterocycles. The van der Waals surface area contributed by atoms with Gasteiger partial charge < -0.3 is 38.3 Å². The average Bonchev–Trinajstić information content (AvgIpc) is 2.69. The summed E-state index contributed by atoms with van der Waals surface area (Å²) in [5.41, 5.74) is 16.3. The Balaban J connectivity index is 5.31. The first-order valence-corrected chi connectivity index (χ1v) is 10.8. The second-order valence-corrected chi connectivity index (χ2v) is 8.22. The van der Waals surface area contributed by atoms with Crippen molar-refractivity contribution in [2.75, 3.05) is 6.54 Å². The minimum absolute atomic E-state index is 0.0319. The summed E-state index contributed by atoms with van der Waals surface area (Å²) in [6, 6.07) is -4.12. The summed E-state index contributed by atoms with van der Waals surface area (Å²) >= 11 is 0. The summed E-state index contributed by atoms with van der Waals surface area (Å²) in [4.78, 5) is 59.8. The number of primary amides is 1. The number of aliphatic carboxylic acids is 1. The van der Waals surface area contributed by atoms with Gasteiger partial charge in [0.2, 0.25) is 23.6 Å². The van der Waals surface area contributed by atoms with Crippen molar-refractivity contribution in [1.82, 2.24) is 16.0 Å². The molecule has 0 spiro atoms. The number of rotatable bonds is 16. The smallest absolute Gasteiger partial charge is 0.325 e. The summed E-state index contributed by atoms with van der Waals surface area (Å²) in [6.07, 6.45) is 1.66. The molecule has 0 fully saturated rings. The molecule has 184 valence electrons. The Labute approximate surface area is 188 Å². The number of carbonyl (C=O) groups is 5. The predicted octanol–water partition coefficient (Wildman–Crippen LogP) is -1.69. The van der Waals surface area contributed by atoms with Crippen molar-refractivity contribution in [2.24, 2.45) is 23.1 Å². The molecule has 0 aromatic rings. The SMILES string of the molecule is CC(C)CC(NC(=O)C(N)CCC(N)=O)C(=O)NC(CCCCN)C(=O)NC(C)C(=O)O. The Morgan fingerprint density at radius 2 is 1.41 bits per heavy atom. The quantitative estimate of drug-likeness (QED) is 0.132. The second-order valence-electron chi connectivity index (χ2n) is 8.22. The van der Waals surface area contributed by atoms with E-state index in [0.717, 1.165) is 0 Å². The maximum absolute atomic E-state index is 12.9. The van der Waals surface area contributed by atoms with Crippen LogP contribution in [0.15, 0.2) is 0 Å². The molecule has 4 unspecified atom stereocenters. The Kier molecular flexibility index (Phi) is 13.8. The van der Waals surface area contributed by atoms with Crippen LogP contribution in [0.1, 0.15) is 59.3 Å². The van der Waals surface area contributed by atoms with Crippen LogP contribution >= 0.6 is 0 Å². The molecule has 12 heteroatoms. The zero-order valence-electron chi connectivity index (χ0n) is 19.1. The van der Waals surface area contributed by atoms with E-state index < -0.39 is 53.8 Å². The number of carboxylic acid groups (broad SMARTS) is 1. The van der Waals surface area contributed by atoms with E-state index in [-0.39, 0.29) is 31.6 Å². The number of hydrogen-bond acceptors (Lipinski definition) is 7. The van der Waals surface area contributed by atoms with E-state index in [1.54, 1.807) is 0 Å². The molecule has 0 heterocycles. The summed E-state index contributed by atoms with van der Waals surface area (Å²) in [5, 5.41) is 16.5. The zero-order chi connectivity index (χ0) is 24.8. The van der Waals surface area contributed by atoms with Crippen LogP contribution in [0, 0.1) is 5.92 Å². The lowest BCUT2D eigenvalue weighted by molar-refractivity contribution is -0.142. The van der Waals surface area contributed by atoms with E-state index in [9.17, 15) is 24.0 Å². The highest BCUT2D eigenvalue weighted by Crippen LogP contribution is 2.08. The minimum atomic E-state index is -1.21. The van der Waals surface area contributed by atoms with Crippen LogP contribution in [-0.2, 0) is 24.0 Å². The number of nitrogens with one attached hydrogen (secondary N) is 3. The van der Waals surface area contributed by atoms with Gasteiger partial charge in [0.05, 0.1) is 6.04 Å². The summed E-state index contributed by atoms with van der Waals surface area (Å²) in [6.45, 7) is 5.44. The van der Waals surface area contributed by atoms with Crippen LogP contribution in [-0.4, -0.2) is 65.4 Å². The van der Waals surface area contributed by atoms with Gasteiger partial charge in [-0.15, -0.1) is 0 Å². The maximum atomic E-state index is 12.9. The third kappa shape index (κ3) is 12.2. The van der Waals surface area contributed by atoms with E-state index in [0.29, 0.717) is 19.4 Å². The van der Waals surface area contributed by atoms with Crippen molar-refractivity contribution in [3.8, 4) is 0 Å². The van der Waals surface area contributed by atoms with Crippen LogP contribution < -0.4 is 33.2 Å². The monoisotopic (exact) mass is 458 g/mol. The molecule has 0 bridgehead atoms. The van der Waals surface area contributed by atoms with Crippen molar-refractivity contribution >= 4 is 29.6 Å². The highest BCUT2D eigenvalue weighted by atomic mass is 16.4. The molecule has 0 radical (unpaired) electrons. The third-order valence-electron chi connectivity index (χ3n) is 4.69. The molecule has 0 saturated carbocycles. The lowest BCUT2D eigenvalue weighted by Gasteiger charge is -2.25. The predicted molar refractivity (Wildman–Crippen MR) is 118 cm³/mol. The number of amides is 4. The van der Waals surface area contributed by atoms with Crippen LogP contribution in [0.2, 0.25) is 0 Å². The Morgan fingerprint density at radius 1 is 0.844 bits per heavy atom. The van der Waals surface area contributed by atoms with E-state index in [1.165, 1.54) is 6.92 Å². The van der Waals surface area contributed by atoms with Gasteiger partial charge in [-0.05, 0) is 51.5 Å². The number of carbonyl (C=O) groups excluding carboxylic acids is 4. The summed E-state index contributed by atoms with van der Waals surface area (Å²) < 4.78 is 0. The average molecular weight is 459 g/mol. The van der Waals surface area contributed by atoms with Gasteiger partial charge in [-0.3, -0.25) is 24.0 Å². The minimum Gasteiger partial charge on any atom is -0.480 e.